The fraction of sp³-hybridized carbons (Fsp3) is 0.133. The molecule has 2 rings (SSSR count). The van der Waals surface area contributed by atoms with Crippen LogP contribution in [0, 0.1) is 17.1 Å². The van der Waals surface area contributed by atoms with Crippen molar-refractivity contribution in [2.24, 2.45) is 0 Å². The van der Waals surface area contributed by atoms with Crippen molar-refractivity contribution in [2.45, 2.75) is 5.33 Å². The Bertz CT molecular complexity index is 634. The van der Waals surface area contributed by atoms with E-state index >= 15 is 0 Å². The topological polar surface area (TPSA) is 27.0 Å². The summed E-state index contributed by atoms with van der Waals surface area (Å²) in [5, 5.41) is 9.50. The Labute approximate surface area is 120 Å². The Hall–Kier alpha value is -1.86. The summed E-state index contributed by atoms with van der Waals surface area (Å²) in [5.74, 6) is -0.252. The molecule has 0 fully saturated rings. The van der Waals surface area contributed by atoms with Crippen LogP contribution >= 0.6 is 15.9 Å². The maximum absolute atomic E-state index is 13.2. The van der Waals surface area contributed by atoms with E-state index in [1.807, 2.05) is 24.1 Å². The lowest BCUT2D eigenvalue weighted by atomic mass is 10.1. The summed E-state index contributed by atoms with van der Waals surface area (Å²) in [6.45, 7) is 0. The molecule has 0 bridgehead atoms. The molecular formula is C15H12BrFN2. The van der Waals surface area contributed by atoms with Gasteiger partial charge >= 0.3 is 0 Å². The highest BCUT2D eigenvalue weighted by molar-refractivity contribution is 9.08. The third-order valence-electron chi connectivity index (χ3n) is 2.91. The zero-order chi connectivity index (χ0) is 13.8. The number of hydrogen-bond donors (Lipinski definition) is 0. The van der Waals surface area contributed by atoms with Crippen molar-refractivity contribution in [3.05, 3.63) is 59.4 Å². The summed E-state index contributed by atoms with van der Waals surface area (Å²) < 4.78 is 13.2. The molecule has 0 aliphatic heterocycles. The van der Waals surface area contributed by atoms with Gasteiger partial charge in [-0.05, 0) is 42.0 Å². The van der Waals surface area contributed by atoms with Gasteiger partial charge in [0.1, 0.15) is 5.82 Å². The normalized spacial score (nSPS) is 10.0. The number of anilines is 2. The summed E-state index contributed by atoms with van der Waals surface area (Å²) in [6, 6.07) is 14.1. The quantitative estimate of drug-likeness (QED) is 0.786. The zero-order valence-electron chi connectivity index (χ0n) is 10.4. The van der Waals surface area contributed by atoms with E-state index in [4.69, 9.17) is 5.26 Å². The Balaban J connectivity index is 2.43. The summed E-state index contributed by atoms with van der Waals surface area (Å²) >= 11 is 3.37. The average Bonchev–Trinajstić information content (AvgIpc) is 2.46. The Morgan fingerprint density at radius 1 is 1.26 bits per heavy atom. The third kappa shape index (κ3) is 2.94. The second kappa shape index (κ2) is 5.85. The number of alkyl halides is 1. The molecular weight excluding hydrogens is 307 g/mol. The molecule has 0 saturated heterocycles. The van der Waals surface area contributed by atoms with Crippen LogP contribution in [0.3, 0.4) is 0 Å². The Kier molecular flexibility index (Phi) is 4.18. The van der Waals surface area contributed by atoms with Gasteiger partial charge in [0, 0.05) is 23.8 Å². The Morgan fingerprint density at radius 3 is 2.74 bits per heavy atom. The Morgan fingerprint density at radius 2 is 2.05 bits per heavy atom. The lowest BCUT2D eigenvalue weighted by molar-refractivity contribution is 0.626. The highest BCUT2D eigenvalue weighted by Gasteiger charge is 2.10. The van der Waals surface area contributed by atoms with Crippen LogP contribution in [0.15, 0.2) is 42.5 Å². The van der Waals surface area contributed by atoms with Gasteiger partial charge in [-0.2, -0.15) is 5.26 Å². The fourth-order valence-corrected chi connectivity index (χ4v) is 2.36. The van der Waals surface area contributed by atoms with Gasteiger partial charge in [-0.3, -0.25) is 0 Å². The van der Waals surface area contributed by atoms with Gasteiger partial charge in [0.05, 0.1) is 11.6 Å². The first-order valence-electron chi connectivity index (χ1n) is 5.74. The van der Waals surface area contributed by atoms with Crippen molar-refractivity contribution in [3.63, 3.8) is 0 Å². The molecule has 0 aliphatic carbocycles. The molecule has 4 heteroatoms. The van der Waals surface area contributed by atoms with Gasteiger partial charge in [-0.25, -0.2) is 4.39 Å². The molecule has 0 heterocycles. The van der Waals surface area contributed by atoms with E-state index in [1.165, 1.54) is 12.1 Å². The molecule has 2 aromatic carbocycles. The summed E-state index contributed by atoms with van der Waals surface area (Å²) in [6.07, 6.45) is 0. The predicted molar refractivity (Wildman–Crippen MR) is 78.3 cm³/mol. The summed E-state index contributed by atoms with van der Waals surface area (Å²) in [7, 11) is 1.90. The number of rotatable bonds is 3. The molecule has 0 saturated carbocycles. The lowest BCUT2D eigenvalue weighted by Crippen LogP contribution is -2.11. The van der Waals surface area contributed by atoms with Gasteiger partial charge < -0.3 is 4.90 Å². The van der Waals surface area contributed by atoms with E-state index in [0.717, 1.165) is 16.9 Å². The van der Waals surface area contributed by atoms with E-state index in [2.05, 4.69) is 22.0 Å². The first kappa shape index (κ1) is 13.6. The van der Waals surface area contributed by atoms with Crippen molar-refractivity contribution in [3.8, 4) is 6.07 Å². The minimum absolute atomic E-state index is 0.252. The van der Waals surface area contributed by atoms with Crippen LogP contribution in [-0.2, 0) is 5.33 Å². The van der Waals surface area contributed by atoms with Crippen molar-refractivity contribution < 1.29 is 4.39 Å². The second-order valence-corrected chi connectivity index (χ2v) is 4.69. The van der Waals surface area contributed by atoms with E-state index < -0.39 is 0 Å². The highest BCUT2D eigenvalue weighted by atomic mass is 79.9. The van der Waals surface area contributed by atoms with Crippen molar-refractivity contribution in [1.29, 1.82) is 5.26 Å². The maximum atomic E-state index is 13.2. The molecule has 0 aliphatic rings. The molecule has 2 aromatic rings. The zero-order valence-corrected chi connectivity index (χ0v) is 12.0. The molecule has 96 valence electrons. The molecule has 0 aromatic heterocycles. The van der Waals surface area contributed by atoms with Crippen LogP contribution in [0.2, 0.25) is 0 Å². The standard InChI is InChI=1S/C15H12BrFN2/c1-19(14-4-2-3-11(7-14)10-18)15-6-5-13(17)8-12(15)9-16/h2-8H,9H2,1H3. The number of halogens is 2. The van der Waals surface area contributed by atoms with Crippen LogP contribution in [-0.4, -0.2) is 7.05 Å². The van der Waals surface area contributed by atoms with Crippen LogP contribution < -0.4 is 4.90 Å². The first-order chi connectivity index (χ1) is 9.15. The van der Waals surface area contributed by atoms with Crippen molar-refractivity contribution in [1.82, 2.24) is 0 Å². The smallest absolute Gasteiger partial charge is 0.123 e. The molecule has 0 spiro atoms. The number of nitrogens with zero attached hydrogens (tertiary/aromatic N) is 2. The van der Waals surface area contributed by atoms with Gasteiger partial charge in [0.2, 0.25) is 0 Å². The predicted octanol–water partition coefficient (Wildman–Crippen LogP) is 4.36. The molecule has 2 nitrogen and oxygen atoms in total. The van der Waals surface area contributed by atoms with Crippen molar-refractivity contribution >= 4 is 27.3 Å². The van der Waals surface area contributed by atoms with E-state index in [-0.39, 0.29) is 5.82 Å². The summed E-state index contributed by atoms with van der Waals surface area (Å²) in [4.78, 5) is 1.94. The van der Waals surface area contributed by atoms with Gasteiger partial charge in [0.25, 0.3) is 0 Å². The highest BCUT2D eigenvalue weighted by Crippen LogP contribution is 2.29. The largest absolute Gasteiger partial charge is 0.344 e. The third-order valence-corrected chi connectivity index (χ3v) is 3.51. The molecule has 0 N–H and O–H groups in total. The van der Waals surface area contributed by atoms with Crippen LogP contribution in [0.1, 0.15) is 11.1 Å². The van der Waals surface area contributed by atoms with E-state index in [9.17, 15) is 4.39 Å². The monoisotopic (exact) mass is 318 g/mol. The molecule has 0 radical (unpaired) electrons. The average molecular weight is 319 g/mol. The first-order valence-corrected chi connectivity index (χ1v) is 6.86. The molecule has 0 atom stereocenters. The maximum Gasteiger partial charge on any atom is 0.123 e. The van der Waals surface area contributed by atoms with Gasteiger partial charge in [-0.15, -0.1) is 0 Å². The number of nitriles is 1. The van der Waals surface area contributed by atoms with E-state index in [1.54, 1.807) is 18.2 Å². The van der Waals surface area contributed by atoms with Gasteiger partial charge in [0.15, 0.2) is 0 Å². The van der Waals surface area contributed by atoms with Crippen molar-refractivity contribution in [2.75, 3.05) is 11.9 Å². The summed E-state index contributed by atoms with van der Waals surface area (Å²) in [5.41, 5.74) is 3.28. The SMILES string of the molecule is CN(c1cccc(C#N)c1)c1ccc(F)cc1CBr. The number of hydrogen-bond acceptors (Lipinski definition) is 2. The van der Waals surface area contributed by atoms with Crippen LogP contribution in [0.5, 0.6) is 0 Å². The van der Waals surface area contributed by atoms with E-state index in [0.29, 0.717) is 10.9 Å². The second-order valence-electron chi connectivity index (χ2n) is 4.13. The lowest BCUT2D eigenvalue weighted by Gasteiger charge is -2.22. The van der Waals surface area contributed by atoms with Crippen LogP contribution in [0.4, 0.5) is 15.8 Å². The van der Waals surface area contributed by atoms with Gasteiger partial charge in [-0.1, -0.05) is 22.0 Å². The minimum atomic E-state index is -0.252. The fourth-order valence-electron chi connectivity index (χ4n) is 1.91. The minimum Gasteiger partial charge on any atom is -0.344 e. The molecule has 0 amide bonds. The molecule has 0 unspecified atom stereocenters. The van der Waals surface area contributed by atoms with Crippen LogP contribution in [0.25, 0.3) is 0 Å². The number of benzene rings is 2. The molecule has 19 heavy (non-hydrogen) atoms.